The second-order valence-corrected chi connectivity index (χ2v) is 5.86. The molecule has 3 aromatic carbocycles. The molecular weight excluding hydrogens is 326 g/mol. The Bertz CT molecular complexity index is 1040. The zero-order chi connectivity index (χ0) is 17.9. The smallest absolute Gasteiger partial charge is 0.146 e. The third-order valence-corrected chi connectivity index (χ3v) is 4.07. The summed E-state index contributed by atoms with van der Waals surface area (Å²) >= 11 is 0. The van der Waals surface area contributed by atoms with Gasteiger partial charge in [-0.2, -0.15) is 0 Å². The number of rotatable bonds is 5. The maximum Gasteiger partial charge on any atom is 0.146 e. The van der Waals surface area contributed by atoms with Crippen molar-refractivity contribution in [3.05, 3.63) is 84.4 Å². The molecule has 0 spiro atoms. The van der Waals surface area contributed by atoms with E-state index in [0.717, 1.165) is 22.2 Å². The van der Waals surface area contributed by atoms with Crippen LogP contribution in [0.2, 0.25) is 0 Å². The third kappa shape index (κ3) is 3.15. The van der Waals surface area contributed by atoms with Crippen molar-refractivity contribution in [2.24, 2.45) is 0 Å². The van der Waals surface area contributed by atoms with Crippen molar-refractivity contribution in [1.29, 1.82) is 0 Å². The van der Waals surface area contributed by atoms with Crippen LogP contribution in [0.5, 0.6) is 11.5 Å². The molecule has 5 nitrogen and oxygen atoms in total. The molecule has 4 aromatic rings. The van der Waals surface area contributed by atoms with Crippen LogP contribution in [0.4, 0.5) is 0 Å². The van der Waals surface area contributed by atoms with Gasteiger partial charge in [-0.1, -0.05) is 49.1 Å². The first-order valence-corrected chi connectivity index (χ1v) is 8.22. The fraction of sp³-hybridized carbons (Fsp3) is 0.0476. The molecule has 4 rings (SSSR count). The first-order chi connectivity index (χ1) is 12.7. The summed E-state index contributed by atoms with van der Waals surface area (Å²) in [5.41, 5.74) is 4.16. The molecule has 0 amide bonds. The van der Waals surface area contributed by atoms with Crippen LogP contribution >= 0.6 is 0 Å². The molecule has 0 aliphatic heterocycles. The van der Waals surface area contributed by atoms with Crippen LogP contribution in [0, 0.1) is 0 Å². The number of aromatic hydroxyl groups is 1. The minimum absolute atomic E-state index is 0.0600. The highest BCUT2D eigenvalue weighted by molar-refractivity contribution is 5.73. The molecule has 5 heteroatoms. The Morgan fingerprint density at radius 3 is 2.27 bits per heavy atom. The molecule has 0 radical (unpaired) electrons. The lowest BCUT2D eigenvalue weighted by Crippen LogP contribution is -2.00. The maximum absolute atomic E-state index is 10.3. The molecule has 1 aromatic heterocycles. The molecule has 0 bridgehead atoms. The van der Waals surface area contributed by atoms with Crippen molar-refractivity contribution in [3.63, 3.8) is 0 Å². The monoisotopic (exact) mass is 343 g/mol. The zero-order valence-electron chi connectivity index (χ0n) is 14.0. The number of phenols is 1. The van der Waals surface area contributed by atoms with Gasteiger partial charge < -0.3 is 9.84 Å². The largest absolute Gasteiger partial charge is 0.505 e. The summed E-state index contributed by atoms with van der Waals surface area (Å²) in [4.78, 5) is 1.43. The average molecular weight is 343 g/mol. The van der Waals surface area contributed by atoms with E-state index in [1.807, 2.05) is 48.5 Å². The van der Waals surface area contributed by atoms with Crippen LogP contribution in [-0.4, -0.2) is 20.1 Å². The summed E-state index contributed by atoms with van der Waals surface area (Å²) in [5.74, 6) is 0.639. The van der Waals surface area contributed by atoms with Crippen LogP contribution in [0.25, 0.3) is 22.8 Å². The van der Waals surface area contributed by atoms with E-state index < -0.39 is 0 Å². The lowest BCUT2D eigenvalue weighted by Gasteiger charge is -2.09. The normalized spacial score (nSPS) is 10.8. The Morgan fingerprint density at radius 1 is 0.962 bits per heavy atom. The van der Waals surface area contributed by atoms with Crippen LogP contribution in [0.1, 0.15) is 11.1 Å². The molecule has 0 atom stereocenters. The van der Waals surface area contributed by atoms with E-state index in [1.165, 1.54) is 4.80 Å². The summed E-state index contributed by atoms with van der Waals surface area (Å²) < 4.78 is 5.76. The minimum atomic E-state index is 0.0600. The van der Waals surface area contributed by atoms with E-state index in [1.54, 1.807) is 24.3 Å². The maximum atomic E-state index is 10.3. The van der Waals surface area contributed by atoms with Gasteiger partial charge in [0, 0.05) is 6.07 Å². The van der Waals surface area contributed by atoms with Gasteiger partial charge >= 0.3 is 0 Å². The minimum Gasteiger partial charge on any atom is -0.505 e. The van der Waals surface area contributed by atoms with Crippen molar-refractivity contribution >= 4 is 17.1 Å². The van der Waals surface area contributed by atoms with E-state index in [4.69, 9.17) is 4.74 Å². The first-order valence-electron chi connectivity index (χ1n) is 8.22. The Labute approximate surface area is 150 Å². The van der Waals surface area contributed by atoms with E-state index in [-0.39, 0.29) is 5.75 Å². The number of fused-ring (bicyclic) bond motifs is 1. The summed E-state index contributed by atoms with van der Waals surface area (Å²) in [6.07, 6.45) is 1.80. The van der Waals surface area contributed by atoms with E-state index >= 15 is 0 Å². The summed E-state index contributed by atoms with van der Waals surface area (Å²) in [5, 5.41) is 19.1. The molecular formula is C21H17N3O2. The predicted molar refractivity (Wildman–Crippen MR) is 101 cm³/mol. The Hall–Kier alpha value is -3.60. The Balaban J connectivity index is 1.52. The van der Waals surface area contributed by atoms with E-state index in [2.05, 4.69) is 16.8 Å². The molecule has 0 unspecified atom stereocenters. The number of hydrogen-bond acceptors (Lipinski definition) is 4. The number of nitrogens with zero attached hydrogens (tertiary/aromatic N) is 3. The standard InChI is InChI=1S/C21H17N3O2/c1-2-15-7-9-16(10-8-15)14-26-17-11-12-20(21(25)13-17)24-22-18-5-3-4-6-19(18)23-24/h2-13,25H,1,14H2. The zero-order valence-corrected chi connectivity index (χ0v) is 14.0. The molecule has 0 aliphatic rings. The van der Waals surface area contributed by atoms with Crippen LogP contribution in [0.3, 0.4) is 0 Å². The number of hydrogen-bond donors (Lipinski definition) is 1. The number of aromatic nitrogens is 3. The van der Waals surface area contributed by atoms with Crippen molar-refractivity contribution in [3.8, 4) is 17.2 Å². The molecule has 1 N–H and O–H groups in total. The highest BCUT2D eigenvalue weighted by atomic mass is 16.5. The molecule has 26 heavy (non-hydrogen) atoms. The second-order valence-electron chi connectivity index (χ2n) is 5.86. The van der Waals surface area contributed by atoms with Crippen molar-refractivity contribution in [2.45, 2.75) is 6.61 Å². The van der Waals surface area contributed by atoms with Gasteiger partial charge in [-0.15, -0.1) is 15.0 Å². The third-order valence-electron chi connectivity index (χ3n) is 4.07. The van der Waals surface area contributed by atoms with Crippen LogP contribution in [-0.2, 0) is 6.61 Å². The SMILES string of the molecule is C=Cc1ccc(COc2ccc(-n3nc4ccccc4n3)c(O)c2)cc1. The second kappa shape index (κ2) is 6.72. The highest BCUT2D eigenvalue weighted by Gasteiger charge is 2.10. The molecule has 1 heterocycles. The average Bonchev–Trinajstić information content (AvgIpc) is 3.10. The van der Waals surface area contributed by atoms with Gasteiger partial charge in [0.1, 0.15) is 34.8 Å². The first kappa shape index (κ1) is 15.9. The number of phenolic OH excluding ortho intramolecular Hbond substituents is 1. The van der Waals surface area contributed by atoms with Gasteiger partial charge in [-0.05, 0) is 35.4 Å². The lowest BCUT2D eigenvalue weighted by molar-refractivity contribution is 0.304. The van der Waals surface area contributed by atoms with Gasteiger partial charge in [0.15, 0.2) is 0 Å². The van der Waals surface area contributed by atoms with Gasteiger partial charge in [0.05, 0.1) is 0 Å². The Kier molecular flexibility index (Phi) is 4.11. The van der Waals surface area contributed by atoms with Gasteiger partial charge in [0.25, 0.3) is 0 Å². The predicted octanol–water partition coefficient (Wildman–Crippen LogP) is 4.35. The quantitative estimate of drug-likeness (QED) is 0.585. The van der Waals surface area contributed by atoms with Crippen molar-refractivity contribution < 1.29 is 9.84 Å². The summed E-state index contributed by atoms with van der Waals surface area (Å²) in [6, 6.07) is 20.6. The Morgan fingerprint density at radius 2 is 1.65 bits per heavy atom. The molecule has 0 aliphatic carbocycles. The van der Waals surface area contributed by atoms with Gasteiger partial charge in [0.2, 0.25) is 0 Å². The number of ether oxygens (including phenoxy) is 1. The summed E-state index contributed by atoms with van der Waals surface area (Å²) in [6.45, 7) is 4.16. The fourth-order valence-corrected chi connectivity index (χ4v) is 2.65. The molecule has 128 valence electrons. The van der Waals surface area contributed by atoms with E-state index in [9.17, 15) is 5.11 Å². The lowest BCUT2D eigenvalue weighted by atomic mass is 10.1. The summed E-state index contributed by atoms with van der Waals surface area (Å²) in [7, 11) is 0. The fourth-order valence-electron chi connectivity index (χ4n) is 2.65. The van der Waals surface area contributed by atoms with Crippen molar-refractivity contribution in [1.82, 2.24) is 15.0 Å². The highest BCUT2D eigenvalue weighted by Crippen LogP contribution is 2.27. The van der Waals surface area contributed by atoms with Crippen LogP contribution in [0.15, 0.2) is 73.3 Å². The number of benzene rings is 3. The molecule has 0 saturated heterocycles. The van der Waals surface area contributed by atoms with Crippen LogP contribution < -0.4 is 4.74 Å². The van der Waals surface area contributed by atoms with Crippen molar-refractivity contribution in [2.75, 3.05) is 0 Å². The van der Waals surface area contributed by atoms with E-state index in [0.29, 0.717) is 18.0 Å². The molecule has 0 fully saturated rings. The van der Waals surface area contributed by atoms with Gasteiger partial charge in [-0.3, -0.25) is 0 Å². The van der Waals surface area contributed by atoms with Gasteiger partial charge in [-0.25, -0.2) is 0 Å². The topological polar surface area (TPSA) is 60.2 Å². The molecule has 0 saturated carbocycles.